The molecule has 0 aliphatic rings. The number of benzene rings is 2. The standard InChI is InChI=1S/C17H19BrO2/c1-2-19-16-10-6-7-11-17(16)20-13-15(12-18)14-8-4-3-5-9-14/h3-11,15H,2,12-13H2,1H3. The minimum Gasteiger partial charge on any atom is -0.490 e. The number of para-hydroxylation sites is 2. The molecule has 0 amide bonds. The van der Waals surface area contributed by atoms with Crippen LogP contribution in [0.2, 0.25) is 0 Å². The summed E-state index contributed by atoms with van der Waals surface area (Å²) in [4.78, 5) is 0. The first kappa shape index (κ1) is 14.9. The van der Waals surface area contributed by atoms with Crippen LogP contribution in [0.3, 0.4) is 0 Å². The van der Waals surface area contributed by atoms with Crippen molar-refractivity contribution in [3.8, 4) is 11.5 Å². The quantitative estimate of drug-likeness (QED) is 0.686. The average Bonchev–Trinajstić information content (AvgIpc) is 2.51. The summed E-state index contributed by atoms with van der Waals surface area (Å²) in [5, 5.41) is 0.869. The first-order chi connectivity index (χ1) is 9.85. The number of hydrogen-bond donors (Lipinski definition) is 0. The van der Waals surface area contributed by atoms with Gasteiger partial charge < -0.3 is 9.47 Å². The highest BCUT2D eigenvalue weighted by molar-refractivity contribution is 9.09. The summed E-state index contributed by atoms with van der Waals surface area (Å²) in [5.74, 6) is 1.93. The van der Waals surface area contributed by atoms with Gasteiger partial charge in [0.25, 0.3) is 0 Å². The van der Waals surface area contributed by atoms with Gasteiger partial charge in [-0.15, -0.1) is 0 Å². The molecule has 2 aromatic carbocycles. The Morgan fingerprint density at radius 2 is 1.50 bits per heavy atom. The van der Waals surface area contributed by atoms with Crippen molar-refractivity contribution >= 4 is 15.9 Å². The van der Waals surface area contributed by atoms with Crippen molar-refractivity contribution in [3.63, 3.8) is 0 Å². The maximum absolute atomic E-state index is 5.94. The van der Waals surface area contributed by atoms with Crippen LogP contribution in [0, 0.1) is 0 Å². The normalized spacial score (nSPS) is 11.9. The van der Waals surface area contributed by atoms with Crippen molar-refractivity contribution in [2.75, 3.05) is 18.5 Å². The van der Waals surface area contributed by atoms with Gasteiger partial charge in [0, 0.05) is 11.2 Å². The lowest BCUT2D eigenvalue weighted by molar-refractivity contribution is 0.266. The van der Waals surface area contributed by atoms with Crippen LogP contribution in [0.15, 0.2) is 54.6 Å². The highest BCUT2D eigenvalue weighted by Crippen LogP contribution is 2.28. The fourth-order valence-electron chi connectivity index (χ4n) is 1.99. The summed E-state index contributed by atoms with van der Waals surface area (Å²) in [6.45, 7) is 3.24. The van der Waals surface area contributed by atoms with E-state index in [1.165, 1.54) is 5.56 Å². The molecule has 1 atom stereocenters. The Morgan fingerprint density at radius 1 is 0.900 bits per heavy atom. The topological polar surface area (TPSA) is 18.5 Å². The van der Waals surface area contributed by atoms with Crippen molar-refractivity contribution in [2.24, 2.45) is 0 Å². The van der Waals surface area contributed by atoms with E-state index in [1.54, 1.807) is 0 Å². The zero-order chi connectivity index (χ0) is 14.2. The van der Waals surface area contributed by atoms with Gasteiger partial charge in [-0.25, -0.2) is 0 Å². The van der Waals surface area contributed by atoms with E-state index in [0.29, 0.717) is 19.1 Å². The molecule has 0 aliphatic carbocycles. The Balaban J connectivity index is 2.04. The van der Waals surface area contributed by atoms with Gasteiger partial charge in [0.1, 0.15) is 0 Å². The van der Waals surface area contributed by atoms with Crippen LogP contribution in [0.5, 0.6) is 11.5 Å². The zero-order valence-corrected chi connectivity index (χ0v) is 13.2. The van der Waals surface area contributed by atoms with Crippen LogP contribution >= 0.6 is 15.9 Å². The number of rotatable bonds is 7. The lowest BCUT2D eigenvalue weighted by atomic mass is 10.0. The predicted molar refractivity (Wildman–Crippen MR) is 86.1 cm³/mol. The van der Waals surface area contributed by atoms with Crippen molar-refractivity contribution in [1.82, 2.24) is 0 Å². The minimum absolute atomic E-state index is 0.325. The molecule has 2 aromatic rings. The van der Waals surface area contributed by atoms with Gasteiger partial charge in [-0.2, -0.15) is 0 Å². The monoisotopic (exact) mass is 334 g/mol. The van der Waals surface area contributed by atoms with Crippen LogP contribution < -0.4 is 9.47 Å². The molecule has 0 saturated carbocycles. The first-order valence-corrected chi connectivity index (χ1v) is 7.92. The summed E-state index contributed by atoms with van der Waals surface area (Å²) in [7, 11) is 0. The summed E-state index contributed by atoms with van der Waals surface area (Å²) >= 11 is 3.56. The molecule has 3 heteroatoms. The number of hydrogen-bond acceptors (Lipinski definition) is 2. The third-order valence-corrected chi connectivity index (χ3v) is 3.83. The molecule has 2 rings (SSSR count). The average molecular weight is 335 g/mol. The second-order valence-electron chi connectivity index (χ2n) is 4.45. The molecule has 0 heterocycles. The van der Waals surface area contributed by atoms with Crippen molar-refractivity contribution < 1.29 is 9.47 Å². The second kappa shape index (κ2) is 7.95. The van der Waals surface area contributed by atoms with E-state index in [0.717, 1.165) is 16.8 Å². The molecule has 0 bridgehead atoms. The molecule has 0 aromatic heterocycles. The fraction of sp³-hybridized carbons (Fsp3) is 0.294. The Morgan fingerprint density at radius 3 is 2.10 bits per heavy atom. The maximum Gasteiger partial charge on any atom is 0.161 e. The molecular formula is C17H19BrO2. The Bertz CT molecular complexity index is 513. The molecule has 0 saturated heterocycles. The summed E-state index contributed by atoms with van der Waals surface area (Å²) in [5.41, 5.74) is 1.28. The van der Waals surface area contributed by atoms with Gasteiger partial charge in [0.05, 0.1) is 13.2 Å². The highest BCUT2D eigenvalue weighted by Gasteiger charge is 2.12. The van der Waals surface area contributed by atoms with Crippen LogP contribution in [-0.4, -0.2) is 18.5 Å². The van der Waals surface area contributed by atoms with Gasteiger partial charge in [0.15, 0.2) is 11.5 Å². The molecular weight excluding hydrogens is 316 g/mol. The van der Waals surface area contributed by atoms with E-state index < -0.39 is 0 Å². The van der Waals surface area contributed by atoms with E-state index >= 15 is 0 Å². The molecule has 106 valence electrons. The summed E-state index contributed by atoms with van der Waals surface area (Å²) in [6.07, 6.45) is 0. The lowest BCUT2D eigenvalue weighted by Gasteiger charge is -2.17. The smallest absolute Gasteiger partial charge is 0.161 e. The van der Waals surface area contributed by atoms with Gasteiger partial charge >= 0.3 is 0 Å². The fourth-order valence-corrected chi connectivity index (χ4v) is 2.55. The molecule has 1 unspecified atom stereocenters. The predicted octanol–water partition coefficient (Wildman–Crippen LogP) is 4.64. The SMILES string of the molecule is CCOc1ccccc1OCC(CBr)c1ccccc1. The van der Waals surface area contributed by atoms with E-state index in [9.17, 15) is 0 Å². The molecule has 0 N–H and O–H groups in total. The van der Waals surface area contributed by atoms with Gasteiger partial charge in [0.2, 0.25) is 0 Å². The minimum atomic E-state index is 0.325. The number of halogens is 1. The first-order valence-electron chi connectivity index (χ1n) is 6.80. The second-order valence-corrected chi connectivity index (χ2v) is 5.10. The van der Waals surface area contributed by atoms with E-state index in [-0.39, 0.29) is 0 Å². The van der Waals surface area contributed by atoms with Crippen LogP contribution in [0.25, 0.3) is 0 Å². The van der Waals surface area contributed by atoms with Crippen molar-refractivity contribution in [3.05, 3.63) is 60.2 Å². The number of alkyl halides is 1. The van der Waals surface area contributed by atoms with Crippen LogP contribution in [-0.2, 0) is 0 Å². The van der Waals surface area contributed by atoms with Gasteiger partial charge in [-0.1, -0.05) is 58.4 Å². The van der Waals surface area contributed by atoms with E-state index in [1.807, 2.05) is 37.3 Å². The van der Waals surface area contributed by atoms with Gasteiger partial charge in [-0.05, 0) is 24.6 Å². The summed E-state index contributed by atoms with van der Waals surface area (Å²) < 4.78 is 11.5. The molecule has 20 heavy (non-hydrogen) atoms. The lowest BCUT2D eigenvalue weighted by Crippen LogP contribution is -2.12. The zero-order valence-electron chi connectivity index (χ0n) is 11.6. The number of ether oxygens (including phenoxy) is 2. The Hall–Kier alpha value is -1.48. The molecule has 0 radical (unpaired) electrons. The van der Waals surface area contributed by atoms with Crippen molar-refractivity contribution in [2.45, 2.75) is 12.8 Å². The van der Waals surface area contributed by atoms with E-state index in [2.05, 4.69) is 40.2 Å². The molecule has 2 nitrogen and oxygen atoms in total. The van der Waals surface area contributed by atoms with Crippen molar-refractivity contribution in [1.29, 1.82) is 0 Å². The van der Waals surface area contributed by atoms with E-state index in [4.69, 9.17) is 9.47 Å². The van der Waals surface area contributed by atoms with Gasteiger partial charge in [-0.3, -0.25) is 0 Å². The molecule has 0 fully saturated rings. The third kappa shape index (κ3) is 4.01. The maximum atomic E-state index is 5.94. The highest BCUT2D eigenvalue weighted by atomic mass is 79.9. The third-order valence-electron chi connectivity index (χ3n) is 3.05. The largest absolute Gasteiger partial charge is 0.490 e. The molecule has 0 spiro atoms. The Labute approximate surface area is 128 Å². The van der Waals surface area contributed by atoms with Crippen LogP contribution in [0.1, 0.15) is 18.4 Å². The van der Waals surface area contributed by atoms with Crippen LogP contribution in [0.4, 0.5) is 0 Å². The summed E-state index contributed by atoms with van der Waals surface area (Å²) in [6, 6.07) is 18.2. The Kier molecular flexibility index (Phi) is 5.93. The molecule has 0 aliphatic heterocycles.